The minimum Gasteiger partial charge on any atom is -0.480 e. The third-order valence-electron chi connectivity index (χ3n) is 5.09. The van der Waals surface area contributed by atoms with E-state index in [1.165, 1.54) is 6.08 Å². The van der Waals surface area contributed by atoms with Crippen LogP contribution in [-0.4, -0.2) is 10.9 Å². The maximum Gasteiger partial charge on any atom is 0.289 e. The van der Waals surface area contributed by atoms with Crippen LogP contribution in [0.2, 0.25) is 0 Å². The Morgan fingerprint density at radius 2 is 1.52 bits per heavy atom. The van der Waals surface area contributed by atoms with Crippen molar-refractivity contribution in [3.05, 3.63) is 108 Å². The van der Waals surface area contributed by atoms with Crippen LogP contribution in [0.1, 0.15) is 16.7 Å². The monoisotopic (exact) mass is 406 g/mol. The van der Waals surface area contributed by atoms with E-state index in [9.17, 15) is 9.90 Å². The first-order valence-corrected chi connectivity index (χ1v) is 9.87. The molecule has 4 nitrogen and oxygen atoms in total. The molecule has 0 radical (unpaired) electrons. The van der Waals surface area contributed by atoms with E-state index >= 15 is 0 Å². The summed E-state index contributed by atoms with van der Waals surface area (Å²) in [5.41, 5.74) is 3.56. The third-order valence-corrected chi connectivity index (χ3v) is 5.09. The zero-order valence-electron chi connectivity index (χ0n) is 16.5. The molecule has 31 heavy (non-hydrogen) atoms. The number of hydrogen-bond donors (Lipinski definition) is 1. The average Bonchev–Trinajstić information content (AvgIpc) is 3.17. The largest absolute Gasteiger partial charge is 0.480 e. The first kappa shape index (κ1) is 18.7. The second-order valence-corrected chi connectivity index (χ2v) is 7.15. The topological polar surface area (TPSA) is 59.7 Å². The summed E-state index contributed by atoms with van der Waals surface area (Å²) in [5, 5.41) is 10.3. The molecule has 1 aliphatic rings. The first-order chi connectivity index (χ1) is 15.2. The molecule has 1 aromatic heterocycles. The molecule has 1 N–H and O–H groups in total. The number of benzene rings is 3. The Morgan fingerprint density at radius 3 is 2.32 bits per heavy atom. The number of rotatable bonds is 4. The zero-order valence-corrected chi connectivity index (χ0v) is 16.5. The molecule has 1 heterocycles. The fourth-order valence-electron chi connectivity index (χ4n) is 3.53. The number of para-hydroxylation sites is 1. The van der Waals surface area contributed by atoms with Crippen molar-refractivity contribution in [2.75, 3.05) is 0 Å². The molecule has 0 unspecified atom stereocenters. The number of allylic oxidation sites excluding steroid dienone is 2. The van der Waals surface area contributed by atoms with Crippen molar-refractivity contribution < 1.29 is 19.1 Å². The predicted octanol–water partition coefficient (Wildman–Crippen LogP) is 6.58. The van der Waals surface area contributed by atoms with Crippen LogP contribution in [-0.2, 0) is 4.79 Å². The van der Waals surface area contributed by atoms with Gasteiger partial charge in [0.1, 0.15) is 17.3 Å². The van der Waals surface area contributed by atoms with Gasteiger partial charge in [0.15, 0.2) is 5.78 Å². The highest BCUT2D eigenvalue weighted by Crippen LogP contribution is 2.35. The van der Waals surface area contributed by atoms with Crippen LogP contribution in [0.15, 0.2) is 95.4 Å². The molecule has 0 saturated carbocycles. The molecule has 3 aromatic carbocycles. The summed E-state index contributed by atoms with van der Waals surface area (Å²) in [6.45, 7) is 0. The molecule has 0 bridgehead atoms. The van der Waals surface area contributed by atoms with Crippen molar-refractivity contribution in [2.45, 2.75) is 0 Å². The molecular weight excluding hydrogens is 388 g/mol. The van der Waals surface area contributed by atoms with E-state index in [4.69, 9.17) is 9.15 Å². The summed E-state index contributed by atoms with van der Waals surface area (Å²) in [4.78, 5) is 12.5. The van der Waals surface area contributed by atoms with Crippen molar-refractivity contribution in [3.8, 4) is 28.8 Å². The first-order valence-electron chi connectivity index (χ1n) is 9.87. The molecule has 150 valence electrons. The minimum atomic E-state index is -0.230. The number of hydrogen-bond acceptors (Lipinski definition) is 4. The van der Waals surface area contributed by atoms with Crippen molar-refractivity contribution in [1.29, 1.82) is 0 Å². The van der Waals surface area contributed by atoms with Gasteiger partial charge in [0, 0.05) is 11.1 Å². The van der Waals surface area contributed by atoms with Crippen LogP contribution in [0, 0.1) is 0 Å². The van der Waals surface area contributed by atoms with Gasteiger partial charge < -0.3 is 14.3 Å². The minimum absolute atomic E-state index is 0.108. The maximum absolute atomic E-state index is 12.5. The normalized spacial score (nSPS) is 13.9. The lowest BCUT2D eigenvalue weighted by molar-refractivity contribution is -0.109. The SMILES string of the molecule is O=C1C=Cc2ccccc2C1=Cc1cc(-c2ccc(Oc3ccccc3)cc2)oc1O. The quantitative estimate of drug-likeness (QED) is 0.389. The number of fused-ring (bicyclic) bond motifs is 1. The molecule has 0 atom stereocenters. The van der Waals surface area contributed by atoms with E-state index in [1.54, 1.807) is 18.2 Å². The third kappa shape index (κ3) is 3.79. The highest BCUT2D eigenvalue weighted by molar-refractivity contribution is 6.33. The van der Waals surface area contributed by atoms with Gasteiger partial charge in [0.2, 0.25) is 0 Å². The lowest BCUT2D eigenvalue weighted by Crippen LogP contribution is -2.04. The number of furan rings is 1. The van der Waals surface area contributed by atoms with Gasteiger partial charge in [-0.1, -0.05) is 48.5 Å². The van der Waals surface area contributed by atoms with Crippen molar-refractivity contribution in [3.63, 3.8) is 0 Å². The van der Waals surface area contributed by atoms with Gasteiger partial charge in [-0.25, -0.2) is 0 Å². The molecule has 1 aliphatic carbocycles. The van der Waals surface area contributed by atoms with Gasteiger partial charge in [-0.3, -0.25) is 4.79 Å². The van der Waals surface area contributed by atoms with E-state index in [0.29, 0.717) is 22.6 Å². The maximum atomic E-state index is 12.5. The van der Waals surface area contributed by atoms with E-state index in [2.05, 4.69) is 0 Å². The fourth-order valence-corrected chi connectivity index (χ4v) is 3.53. The number of carbonyl (C=O) groups is 1. The molecule has 0 amide bonds. The number of carbonyl (C=O) groups excluding carboxylic acids is 1. The number of aromatic hydroxyl groups is 1. The van der Waals surface area contributed by atoms with Crippen LogP contribution in [0.5, 0.6) is 17.4 Å². The summed E-state index contributed by atoms with van der Waals surface area (Å²) < 4.78 is 11.4. The molecule has 4 aromatic rings. The van der Waals surface area contributed by atoms with Crippen LogP contribution in [0.4, 0.5) is 0 Å². The van der Waals surface area contributed by atoms with Crippen molar-refractivity contribution >= 4 is 23.5 Å². The predicted molar refractivity (Wildman–Crippen MR) is 121 cm³/mol. The van der Waals surface area contributed by atoms with Crippen molar-refractivity contribution in [2.24, 2.45) is 0 Å². The van der Waals surface area contributed by atoms with Crippen molar-refractivity contribution in [1.82, 2.24) is 0 Å². The summed E-state index contributed by atoms with van der Waals surface area (Å²) in [7, 11) is 0. The van der Waals surface area contributed by atoms with Crippen LogP contribution in [0.3, 0.4) is 0 Å². The summed E-state index contributed by atoms with van der Waals surface area (Å²) in [6, 6.07) is 26.3. The lowest BCUT2D eigenvalue weighted by atomic mass is 9.90. The summed E-state index contributed by atoms with van der Waals surface area (Å²) in [5.74, 6) is 1.62. The van der Waals surface area contributed by atoms with Gasteiger partial charge in [0.25, 0.3) is 5.95 Å². The molecule has 0 spiro atoms. The van der Waals surface area contributed by atoms with E-state index < -0.39 is 0 Å². The van der Waals surface area contributed by atoms with E-state index in [0.717, 1.165) is 22.4 Å². The Balaban J connectivity index is 1.43. The molecule has 0 fully saturated rings. The summed E-state index contributed by atoms with van der Waals surface area (Å²) >= 11 is 0. The Bertz CT molecular complexity index is 1310. The van der Waals surface area contributed by atoms with Gasteiger partial charge in [-0.15, -0.1) is 0 Å². The summed E-state index contributed by atoms with van der Waals surface area (Å²) in [6.07, 6.45) is 5.01. The Labute approximate surface area is 179 Å². The van der Waals surface area contributed by atoms with E-state index in [1.807, 2.05) is 78.9 Å². The van der Waals surface area contributed by atoms with Gasteiger partial charge >= 0.3 is 0 Å². The zero-order chi connectivity index (χ0) is 21.2. The highest BCUT2D eigenvalue weighted by atomic mass is 16.5. The van der Waals surface area contributed by atoms with Gasteiger partial charge in [-0.05, 0) is 65.7 Å². The van der Waals surface area contributed by atoms with Gasteiger partial charge in [-0.2, -0.15) is 0 Å². The van der Waals surface area contributed by atoms with Gasteiger partial charge in [0.05, 0.1) is 5.56 Å². The van der Waals surface area contributed by atoms with Crippen LogP contribution >= 0.6 is 0 Å². The Hall–Kier alpha value is -4.31. The molecule has 4 heteroatoms. The van der Waals surface area contributed by atoms with E-state index in [-0.39, 0.29) is 11.7 Å². The average molecular weight is 406 g/mol. The Kier molecular flexibility index (Phi) is 4.73. The molecule has 0 aliphatic heterocycles. The number of ether oxygens (including phenoxy) is 1. The fraction of sp³-hybridized carbons (Fsp3) is 0. The standard InChI is InChI=1S/C27H18O4/c28-25-15-12-18-6-4-5-9-23(18)24(25)16-20-17-26(31-27(20)29)19-10-13-22(14-11-19)30-21-7-2-1-3-8-21/h1-17,29H. The second-order valence-electron chi connectivity index (χ2n) is 7.15. The smallest absolute Gasteiger partial charge is 0.289 e. The molecular formula is C27H18O4. The second kappa shape index (κ2) is 7.84. The number of ketones is 1. The lowest BCUT2D eigenvalue weighted by Gasteiger charge is -2.12. The Morgan fingerprint density at radius 1 is 0.806 bits per heavy atom. The highest BCUT2D eigenvalue weighted by Gasteiger charge is 2.19. The van der Waals surface area contributed by atoms with Crippen LogP contribution < -0.4 is 4.74 Å². The molecule has 5 rings (SSSR count). The van der Waals surface area contributed by atoms with Crippen LogP contribution in [0.25, 0.3) is 29.0 Å². The molecule has 0 saturated heterocycles.